The highest BCUT2D eigenvalue weighted by atomic mass is 35.5. The van der Waals surface area contributed by atoms with Crippen LogP contribution in [0.5, 0.6) is 0 Å². The number of nitrogens with one attached hydrogen (secondary N) is 2. The Labute approximate surface area is 155 Å². The van der Waals surface area contributed by atoms with Crippen LogP contribution in [-0.2, 0) is 15.1 Å². The smallest absolute Gasteiger partial charge is 0.406 e. The van der Waals surface area contributed by atoms with Crippen molar-refractivity contribution in [1.29, 1.82) is 0 Å². The monoisotopic (exact) mass is 368 g/mol. The Balaban J connectivity index is 2.22. The van der Waals surface area contributed by atoms with Gasteiger partial charge < -0.3 is 20.1 Å². The normalized spacial score (nSPS) is 19.9. The molecule has 1 aliphatic rings. The summed E-state index contributed by atoms with van der Waals surface area (Å²) in [6.45, 7) is 5.00. The van der Waals surface area contributed by atoms with Gasteiger partial charge in [-0.1, -0.05) is 37.1 Å². The number of ether oxygens (including phenoxy) is 2. The fraction of sp³-hybridized carbons (Fsp3) is 0.632. The quantitative estimate of drug-likeness (QED) is 0.687. The fourth-order valence-corrected chi connectivity index (χ4v) is 3.88. The highest BCUT2D eigenvalue weighted by molar-refractivity contribution is 6.30. The summed E-state index contributed by atoms with van der Waals surface area (Å²) in [5, 5.41) is 6.90. The fourth-order valence-electron chi connectivity index (χ4n) is 3.69. The molecule has 0 radical (unpaired) electrons. The Hall–Kier alpha value is -1.30. The molecule has 2 rings (SSSR count). The van der Waals surface area contributed by atoms with E-state index in [2.05, 4.69) is 28.4 Å². The number of benzene rings is 1. The van der Waals surface area contributed by atoms with Gasteiger partial charge in [0.05, 0.1) is 19.3 Å². The maximum atomic E-state index is 11.3. The minimum Gasteiger partial charge on any atom is -0.453 e. The molecule has 0 aromatic heterocycles. The third kappa shape index (κ3) is 5.33. The van der Waals surface area contributed by atoms with Crippen molar-refractivity contribution in [3.63, 3.8) is 0 Å². The number of carbonyl (C=O) groups is 1. The van der Waals surface area contributed by atoms with Crippen molar-refractivity contribution in [2.24, 2.45) is 5.92 Å². The number of hydrogen-bond acceptors (Lipinski definition) is 4. The molecule has 1 aromatic carbocycles. The molecule has 6 heteroatoms. The number of piperidine rings is 1. The summed E-state index contributed by atoms with van der Waals surface area (Å²) in [6, 6.07) is 7.98. The average molecular weight is 369 g/mol. The number of halogens is 1. The van der Waals surface area contributed by atoms with Gasteiger partial charge in [0.1, 0.15) is 0 Å². The van der Waals surface area contributed by atoms with Gasteiger partial charge in [-0.05, 0) is 43.5 Å². The molecule has 1 fully saturated rings. The Morgan fingerprint density at radius 3 is 2.96 bits per heavy atom. The molecule has 0 aliphatic carbocycles. The summed E-state index contributed by atoms with van der Waals surface area (Å²) in [4.78, 5) is 11.3. The first-order valence-corrected chi connectivity index (χ1v) is 9.42. The molecule has 0 saturated carbocycles. The van der Waals surface area contributed by atoms with Crippen LogP contribution in [0.2, 0.25) is 5.02 Å². The van der Waals surface area contributed by atoms with Crippen molar-refractivity contribution in [1.82, 2.24) is 10.6 Å². The summed E-state index contributed by atoms with van der Waals surface area (Å²) in [5.41, 5.74) is 0.721. The number of alkyl carbamates (subject to hydrolysis) is 1. The van der Waals surface area contributed by atoms with Crippen LogP contribution in [0.4, 0.5) is 4.79 Å². The lowest BCUT2D eigenvalue weighted by Gasteiger charge is -2.43. The van der Waals surface area contributed by atoms with E-state index in [4.69, 9.17) is 16.3 Å². The van der Waals surface area contributed by atoms with Gasteiger partial charge in [-0.3, -0.25) is 0 Å². The number of hydrogen-bond donors (Lipinski definition) is 2. The van der Waals surface area contributed by atoms with Crippen LogP contribution >= 0.6 is 11.6 Å². The second-order valence-electron chi connectivity index (χ2n) is 6.46. The molecule has 5 nitrogen and oxygen atoms in total. The van der Waals surface area contributed by atoms with E-state index >= 15 is 0 Å². The molecule has 1 heterocycles. The number of rotatable bonds is 8. The molecule has 1 amide bonds. The number of carbonyl (C=O) groups excluding carboxylic acids is 1. The van der Waals surface area contributed by atoms with E-state index < -0.39 is 11.7 Å². The van der Waals surface area contributed by atoms with Crippen molar-refractivity contribution < 1.29 is 14.3 Å². The zero-order chi connectivity index (χ0) is 18.1. The van der Waals surface area contributed by atoms with Gasteiger partial charge >= 0.3 is 6.09 Å². The molecule has 0 spiro atoms. The van der Waals surface area contributed by atoms with E-state index in [0.717, 1.165) is 49.4 Å². The largest absolute Gasteiger partial charge is 0.453 e. The predicted octanol–water partition coefficient (Wildman–Crippen LogP) is 3.71. The maximum Gasteiger partial charge on any atom is 0.406 e. The van der Waals surface area contributed by atoms with Gasteiger partial charge in [-0.25, -0.2) is 4.79 Å². The molecule has 1 aromatic rings. The van der Waals surface area contributed by atoms with Gasteiger partial charge in [0.25, 0.3) is 0 Å². The van der Waals surface area contributed by atoms with Crippen LogP contribution in [0.25, 0.3) is 0 Å². The second kappa shape index (κ2) is 10.00. The van der Waals surface area contributed by atoms with E-state index in [0.29, 0.717) is 19.1 Å². The molecule has 2 atom stereocenters. The SMILES string of the molecule is CCC[C@](OCCNC(=O)OC)(c1cccc(Cl)c1)C1CCCNC1. The molecular weight excluding hydrogens is 340 g/mol. The van der Waals surface area contributed by atoms with Crippen LogP contribution in [-0.4, -0.2) is 39.4 Å². The predicted molar refractivity (Wildman–Crippen MR) is 100.0 cm³/mol. The molecular formula is C19H29ClN2O3. The second-order valence-corrected chi connectivity index (χ2v) is 6.90. The molecule has 140 valence electrons. The third-order valence-electron chi connectivity index (χ3n) is 4.81. The van der Waals surface area contributed by atoms with E-state index in [-0.39, 0.29) is 0 Å². The van der Waals surface area contributed by atoms with E-state index in [1.54, 1.807) is 0 Å². The first-order chi connectivity index (χ1) is 12.1. The Morgan fingerprint density at radius 2 is 2.32 bits per heavy atom. The lowest BCUT2D eigenvalue weighted by Crippen LogP contribution is -2.47. The zero-order valence-corrected chi connectivity index (χ0v) is 15.9. The van der Waals surface area contributed by atoms with Crippen molar-refractivity contribution >= 4 is 17.7 Å². The molecule has 2 N–H and O–H groups in total. The molecule has 0 bridgehead atoms. The summed E-state index contributed by atoms with van der Waals surface area (Å²) in [7, 11) is 1.36. The first-order valence-electron chi connectivity index (χ1n) is 9.05. The van der Waals surface area contributed by atoms with Crippen LogP contribution < -0.4 is 10.6 Å². The van der Waals surface area contributed by atoms with Crippen molar-refractivity contribution in [2.45, 2.75) is 38.2 Å². The summed E-state index contributed by atoms with van der Waals surface area (Å²) in [5.74, 6) is 0.373. The van der Waals surface area contributed by atoms with Crippen LogP contribution in [0.15, 0.2) is 24.3 Å². The minimum absolute atomic E-state index is 0.373. The summed E-state index contributed by atoms with van der Waals surface area (Å²) >= 11 is 6.27. The van der Waals surface area contributed by atoms with Gasteiger partial charge in [0.15, 0.2) is 0 Å². The van der Waals surface area contributed by atoms with Crippen LogP contribution in [0.1, 0.15) is 38.2 Å². The zero-order valence-electron chi connectivity index (χ0n) is 15.1. The highest BCUT2D eigenvalue weighted by Gasteiger charge is 2.41. The van der Waals surface area contributed by atoms with E-state index in [1.165, 1.54) is 7.11 Å². The maximum absolute atomic E-state index is 11.3. The molecule has 1 unspecified atom stereocenters. The number of amides is 1. The first kappa shape index (κ1) is 20.0. The average Bonchev–Trinajstić information content (AvgIpc) is 2.64. The van der Waals surface area contributed by atoms with Gasteiger partial charge in [-0.15, -0.1) is 0 Å². The van der Waals surface area contributed by atoms with Crippen molar-refractivity contribution in [3.8, 4) is 0 Å². The Kier molecular flexibility index (Phi) is 8.00. The molecule has 25 heavy (non-hydrogen) atoms. The summed E-state index contributed by atoms with van der Waals surface area (Å²) < 4.78 is 11.1. The molecule has 1 aliphatic heterocycles. The number of methoxy groups -OCH3 is 1. The van der Waals surface area contributed by atoms with Crippen molar-refractivity contribution in [3.05, 3.63) is 34.9 Å². The third-order valence-corrected chi connectivity index (χ3v) is 5.04. The van der Waals surface area contributed by atoms with Crippen LogP contribution in [0, 0.1) is 5.92 Å². The topological polar surface area (TPSA) is 59.6 Å². The minimum atomic E-state index is -0.438. The standard InChI is InChI=1S/C19H29ClN2O3/c1-3-9-19(16-7-5-10-21-14-16,15-6-4-8-17(20)13-15)25-12-11-22-18(23)24-2/h4,6,8,13,16,21H,3,5,7,9-12,14H2,1-2H3,(H,22,23)/t16?,19-/m0/s1. The lowest BCUT2D eigenvalue weighted by atomic mass is 9.74. The van der Waals surface area contributed by atoms with Gasteiger partial charge in [0, 0.05) is 24.0 Å². The highest BCUT2D eigenvalue weighted by Crippen LogP contribution is 2.42. The summed E-state index contributed by atoms with van der Waals surface area (Å²) in [6.07, 6.45) is 3.74. The molecule has 1 saturated heterocycles. The van der Waals surface area contributed by atoms with Gasteiger partial charge in [-0.2, -0.15) is 0 Å². The van der Waals surface area contributed by atoms with Crippen molar-refractivity contribution in [2.75, 3.05) is 33.4 Å². The lowest BCUT2D eigenvalue weighted by molar-refractivity contribution is -0.104. The van der Waals surface area contributed by atoms with E-state index in [9.17, 15) is 4.79 Å². The van der Waals surface area contributed by atoms with Gasteiger partial charge in [0.2, 0.25) is 0 Å². The Morgan fingerprint density at radius 1 is 1.48 bits per heavy atom. The van der Waals surface area contributed by atoms with E-state index in [1.807, 2.05) is 18.2 Å². The van der Waals surface area contributed by atoms with Crippen LogP contribution in [0.3, 0.4) is 0 Å². The Bertz CT molecular complexity index is 549.